The van der Waals surface area contributed by atoms with Crippen LogP contribution < -0.4 is 5.32 Å². The normalized spacial score (nSPS) is 13.9. The molecule has 1 N–H and O–H groups in total. The van der Waals surface area contributed by atoms with Gasteiger partial charge in [-0.15, -0.1) is 11.6 Å². The van der Waals surface area contributed by atoms with Gasteiger partial charge in [0.05, 0.1) is 6.54 Å². The van der Waals surface area contributed by atoms with Crippen molar-refractivity contribution in [2.24, 2.45) is 0 Å². The first-order valence-electron chi connectivity index (χ1n) is 3.79. The molecule has 0 spiro atoms. The molecule has 0 rings (SSSR count). The highest BCUT2D eigenvalue weighted by atomic mass is 35.5. The molecule has 4 heteroatoms. The van der Waals surface area contributed by atoms with Gasteiger partial charge in [0, 0.05) is 5.38 Å². The van der Waals surface area contributed by atoms with Crippen LogP contribution in [0.4, 0.5) is 8.78 Å². The maximum Gasteiger partial charge on any atom is 0.250 e. The Morgan fingerprint density at radius 2 is 2.09 bits per heavy atom. The van der Waals surface area contributed by atoms with E-state index in [1.165, 1.54) is 0 Å². The van der Waals surface area contributed by atoms with Gasteiger partial charge in [-0.25, -0.2) is 8.78 Å². The molecule has 0 aromatic heterocycles. The third kappa shape index (κ3) is 8.01. The lowest BCUT2D eigenvalue weighted by molar-refractivity contribution is 0.146. The lowest BCUT2D eigenvalue weighted by Gasteiger charge is -2.06. The fourth-order valence-corrected chi connectivity index (χ4v) is 0.783. The Kier molecular flexibility index (Phi) is 6.87. The second-order valence-electron chi connectivity index (χ2n) is 2.39. The van der Waals surface area contributed by atoms with E-state index < -0.39 is 6.43 Å². The molecule has 0 aromatic carbocycles. The standard InChI is InChI=1S/C7H14ClF2N/c1-2-6(8)3-4-11-5-7(9)10/h6-7,11H,2-5H2,1H3. The topological polar surface area (TPSA) is 12.0 Å². The Balaban J connectivity index is 3.01. The summed E-state index contributed by atoms with van der Waals surface area (Å²) in [6.45, 7) is 2.32. The summed E-state index contributed by atoms with van der Waals surface area (Å²) in [6, 6.07) is 0. The summed E-state index contributed by atoms with van der Waals surface area (Å²) in [7, 11) is 0. The summed E-state index contributed by atoms with van der Waals surface area (Å²) in [5.74, 6) is 0. The molecule has 0 aliphatic heterocycles. The van der Waals surface area contributed by atoms with E-state index in [0.717, 1.165) is 12.8 Å². The van der Waals surface area contributed by atoms with Crippen molar-refractivity contribution in [1.82, 2.24) is 5.32 Å². The molecule has 1 unspecified atom stereocenters. The van der Waals surface area contributed by atoms with Crippen molar-refractivity contribution in [3.8, 4) is 0 Å². The molecule has 0 bridgehead atoms. The van der Waals surface area contributed by atoms with Gasteiger partial charge in [-0.1, -0.05) is 6.92 Å². The number of halogens is 3. The average Bonchev–Trinajstić information content (AvgIpc) is 1.97. The highest BCUT2D eigenvalue weighted by Crippen LogP contribution is 2.04. The fraction of sp³-hybridized carbons (Fsp3) is 1.00. The van der Waals surface area contributed by atoms with Crippen LogP contribution in [-0.2, 0) is 0 Å². The molecule has 0 amide bonds. The van der Waals surface area contributed by atoms with Crippen LogP contribution in [0.25, 0.3) is 0 Å². The Bertz CT molecular complexity index is 90.5. The molecule has 0 radical (unpaired) electrons. The summed E-state index contributed by atoms with van der Waals surface area (Å²) in [5, 5.41) is 2.73. The molecule has 11 heavy (non-hydrogen) atoms. The number of alkyl halides is 3. The summed E-state index contributed by atoms with van der Waals surface area (Å²) in [6.07, 6.45) is -0.617. The molecule has 1 nitrogen and oxygen atoms in total. The van der Waals surface area contributed by atoms with E-state index in [4.69, 9.17) is 11.6 Å². The van der Waals surface area contributed by atoms with Crippen LogP contribution in [0.3, 0.4) is 0 Å². The molecule has 0 heterocycles. The molecular weight excluding hydrogens is 172 g/mol. The van der Waals surface area contributed by atoms with E-state index >= 15 is 0 Å². The molecule has 0 aliphatic carbocycles. The van der Waals surface area contributed by atoms with Gasteiger partial charge in [-0.3, -0.25) is 0 Å². The summed E-state index contributed by atoms with van der Waals surface area (Å²) < 4.78 is 23.1. The number of rotatable bonds is 6. The number of hydrogen-bond acceptors (Lipinski definition) is 1. The third-order valence-corrected chi connectivity index (χ3v) is 1.90. The maximum absolute atomic E-state index is 11.5. The second kappa shape index (κ2) is 6.80. The van der Waals surface area contributed by atoms with E-state index in [9.17, 15) is 8.78 Å². The maximum atomic E-state index is 11.5. The molecule has 68 valence electrons. The molecule has 1 atom stereocenters. The lowest BCUT2D eigenvalue weighted by atomic mass is 10.2. The quantitative estimate of drug-likeness (QED) is 0.495. The van der Waals surface area contributed by atoms with Crippen LogP contribution in [0.15, 0.2) is 0 Å². The van der Waals surface area contributed by atoms with E-state index in [0.29, 0.717) is 6.54 Å². The highest BCUT2D eigenvalue weighted by molar-refractivity contribution is 6.20. The van der Waals surface area contributed by atoms with Gasteiger partial charge in [-0.05, 0) is 19.4 Å². The predicted molar refractivity (Wildman–Crippen MR) is 43.4 cm³/mol. The van der Waals surface area contributed by atoms with Gasteiger partial charge in [0.1, 0.15) is 0 Å². The molecule has 0 aromatic rings. The molecule has 0 aliphatic rings. The van der Waals surface area contributed by atoms with Crippen LogP contribution in [0.5, 0.6) is 0 Å². The van der Waals surface area contributed by atoms with E-state index in [1.807, 2.05) is 6.92 Å². The van der Waals surface area contributed by atoms with Gasteiger partial charge in [0.25, 0.3) is 6.43 Å². The Labute approximate surface area is 71.1 Å². The monoisotopic (exact) mass is 185 g/mol. The van der Waals surface area contributed by atoms with Gasteiger partial charge in [0.2, 0.25) is 0 Å². The fourth-order valence-electron chi connectivity index (χ4n) is 0.674. The highest BCUT2D eigenvalue weighted by Gasteiger charge is 2.02. The van der Waals surface area contributed by atoms with Crippen molar-refractivity contribution in [2.45, 2.75) is 31.6 Å². The van der Waals surface area contributed by atoms with Crippen molar-refractivity contribution in [3.63, 3.8) is 0 Å². The average molecular weight is 186 g/mol. The van der Waals surface area contributed by atoms with Crippen LogP contribution in [0.1, 0.15) is 19.8 Å². The van der Waals surface area contributed by atoms with Crippen molar-refractivity contribution in [1.29, 1.82) is 0 Å². The first-order chi connectivity index (χ1) is 5.16. The lowest BCUT2D eigenvalue weighted by Crippen LogP contribution is -2.23. The van der Waals surface area contributed by atoms with E-state index in [2.05, 4.69) is 5.32 Å². The zero-order valence-corrected chi connectivity index (χ0v) is 7.37. The summed E-state index contributed by atoms with van der Waals surface area (Å²) in [4.78, 5) is 0. The minimum Gasteiger partial charge on any atom is -0.311 e. The van der Waals surface area contributed by atoms with Gasteiger partial charge in [0.15, 0.2) is 0 Å². The number of nitrogens with one attached hydrogen (secondary N) is 1. The first kappa shape index (κ1) is 11.1. The summed E-state index contributed by atoms with van der Waals surface area (Å²) >= 11 is 5.75. The smallest absolute Gasteiger partial charge is 0.250 e. The summed E-state index contributed by atoms with van der Waals surface area (Å²) in [5.41, 5.74) is 0. The Hall–Kier alpha value is 0.110. The Morgan fingerprint density at radius 3 is 2.55 bits per heavy atom. The van der Waals surface area contributed by atoms with Gasteiger partial charge >= 0.3 is 0 Å². The van der Waals surface area contributed by atoms with Crippen LogP contribution in [-0.4, -0.2) is 24.9 Å². The largest absolute Gasteiger partial charge is 0.311 e. The number of hydrogen-bond donors (Lipinski definition) is 1. The minimum atomic E-state index is -2.26. The first-order valence-corrected chi connectivity index (χ1v) is 4.23. The molecular formula is C7H14ClF2N. The zero-order valence-electron chi connectivity index (χ0n) is 6.62. The predicted octanol–water partition coefficient (Wildman–Crippen LogP) is 2.25. The van der Waals surface area contributed by atoms with Crippen LogP contribution in [0, 0.1) is 0 Å². The van der Waals surface area contributed by atoms with Crippen molar-refractivity contribution in [2.75, 3.05) is 13.1 Å². The Morgan fingerprint density at radius 1 is 1.45 bits per heavy atom. The molecule has 0 fully saturated rings. The van der Waals surface area contributed by atoms with Crippen molar-refractivity contribution in [3.05, 3.63) is 0 Å². The SMILES string of the molecule is CCC(Cl)CCNCC(F)F. The van der Waals surface area contributed by atoms with Crippen molar-refractivity contribution >= 4 is 11.6 Å². The zero-order chi connectivity index (χ0) is 8.69. The minimum absolute atomic E-state index is 0.111. The van der Waals surface area contributed by atoms with Crippen molar-refractivity contribution < 1.29 is 8.78 Å². The van der Waals surface area contributed by atoms with Crippen LogP contribution in [0.2, 0.25) is 0 Å². The second-order valence-corrected chi connectivity index (χ2v) is 3.01. The van der Waals surface area contributed by atoms with Crippen LogP contribution >= 0.6 is 11.6 Å². The third-order valence-electron chi connectivity index (χ3n) is 1.38. The van der Waals surface area contributed by atoms with E-state index in [-0.39, 0.29) is 11.9 Å². The molecule has 0 saturated heterocycles. The van der Waals surface area contributed by atoms with E-state index in [1.54, 1.807) is 0 Å². The van der Waals surface area contributed by atoms with Gasteiger partial charge < -0.3 is 5.32 Å². The molecule has 0 saturated carbocycles. The van der Waals surface area contributed by atoms with Gasteiger partial charge in [-0.2, -0.15) is 0 Å².